The Morgan fingerprint density at radius 2 is 0.429 bits per heavy atom. The molecule has 0 bridgehead atoms. The molecule has 22 heteroatoms. The van der Waals surface area contributed by atoms with Crippen LogP contribution in [0.15, 0.2) is 30.3 Å². The first-order valence-corrected chi connectivity index (χ1v) is 13.9. The van der Waals surface area contributed by atoms with Gasteiger partial charge >= 0.3 is 0 Å². The molecule has 1 radical (unpaired) electrons. The van der Waals surface area contributed by atoms with Gasteiger partial charge in [-0.2, -0.15) is 18.2 Å². The van der Waals surface area contributed by atoms with E-state index in [9.17, 15) is 57.5 Å². The molecule has 0 amide bonds. The topological polar surface area (TPSA) is 17.1 Å². The molecule has 0 N–H and O–H groups in total. The molecule has 0 aromatic heterocycles. The smallest absolute Gasteiger partial charge is 0.200 e. The van der Waals surface area contributed by atoms with E-state index >= 15 is 35.1 Å². The second-order valence-corrected chi connectivity index (χ2v) is 10.6. The van der Waals surface area contributed by atoms with Gasteiger partial charge in [0, 0.05) is 39.1 Å². The molecule has 0 atom stereocenters. The first-order chi connectivity index (χ1) is 25.6. The summed E-state index contributed by atoms with van der Waals surface area (Å²) >= 11 is 0. The quantitative estimate of drug-likeness (QED) is 0.0761. The fourth-order valence-corrected chi connectivity index (χ4v) is 5.20. The van der Waals surface area contributed by atoms with Crippen molar-refractivity contribution in [3.8, 4) is 0 Å². The Morgan fingerprint density at radius 3 is 0.589 bits per heavy atom. The van der Waals surface area contributed by atoms with Crippen LogP contribution in [0.2, 0.25) is 0 Å². The molecule has 0 spiro atoms. The molecule has 5 aromatic rings. The summed E-state index contributed by atoms with van der Waals surface area (Å²) in [6.07, 6.45) is 0. The molecule has 1 aliphatic carbocycles. The van der Waals surface area contributed by atoms with E-state index in [1.54, 1.807) is 0 Å². The third-order valence-electron chi connectivity index (χ3n) is 7.60. The van der Waals surface area contributed by atoms with Gasteiger partial charge in [-0.1, -0.05) is 0 Å². The molecule has 56 heavy (non-hydrogen) atoms. The van der Waals surface area contributed by atoms with E-state index < -0.39 is 167 Å². The van der Waals surface area contributed by atoms with E-state index in [-0.39, 0.29) is 16.8 Å². The number of benzene rings is 4. The van der Waals surface area contributed by atoms with Crippen LogP contribution in [0.25, 0.3) is 22.3 Å². The van der Waals surface area contributed by atoms with Crippen LogP contribution in [0, 0.1) is 116 Å². The van der Waals surface area contributed by atoms with Crippen LogP contribution in [0.4, 0.5) is 87.8 Å². The molecule has 5 aromatic carbocycles. The summed E-state index contributed by atoms with van der Waals surface area (Å²) in [6.45, 7) is 0. The first-order valence-electron chi connectivity index (χ1n) is 13.9. The predicted octanol–water partition coefficient (Wildman–Crippen LogP) is 11.0. The van der Waals surface area contributed by atoms with Crippen molar-refractivity contribution >= 4 is 28.1 Å². The maximum Gasteiger partial charge on any atom is 0.200 e. The molecule has 0 saturated heterocycles. The second-order valence-electron chi connectivity index (χ2n) is 10.6. The number of Topliss-reactive ketones (excluding diaryl/α,β-unsaturated/α-hetero) is 1. The summed E-state index contributed by atoms with van der Waals surface area (Å²) in [4.78, 5) is 13.7. The van der Waals surface area contributed by atoms with Gasteiger partial charge in [-0.3, -0.25) is 4.79 Å². The van der Waals surface area contributed by atoms with Gasteiger partial charge in [0.25, 0.3) is 0 Å². The van der Waals surface area contributed by atoms with Gasteiger partial charge in [0.1, 0.15) is 0 Å². The average Bonchev–Trinajstić information content (AvgIpc) is 3.84. The number of rotatable bonds is 4. The maximum absolute atomic E-state index is 15.3. The van der Waals surface area contributed by atoms with E-state index in [2.05, 4.69) is 0 Å². The van der Waals surface area contributed by atoms with E-state index in [0.29, 0.717) is 0 Å². The minimum Gasteiger partial charge on any atom is -0.289 e. The average molecular weight is 868 g/mol. The van der Waals surface area contributed by atoms with Crippen molar-refractivity contribution in [3.05, 3.63) is 169 Å². The van der Waals surface area contributed by atoms with Crippen LogP contribution in [-0.2, 0) is 21.6 Å². The molecule has 0 heterocycles. The van der Waals surface area contributed by atoms with Crippen molar-refractivity contribution in [2.45, 2.75) is 0 Å². The summed E-state index contributed by atoms with van der Waals surface area (Å²) in [5.74, 6) is -67.6. The zero-order valence-corrected chi connectivity index (χ0v) is 26.7. The third kappa shape index (κ3) is 6.32. The summed E-state index contributed by atoms with van der Waals surface area (Å²) in [6, 6.07) is 10.0. The first kappa shape index (κ1) is 43.2. The van der Waals surface area contributed by atoms with Crippen molar-refractivity contribution in [1.82, 2.24) is 0 Å². The third-order valence-corrected chi connectivity index (χ3v) is 7.60. The number of allylic oxidation sites excluding steroid dienone is 4. The number of hydrogen-bond acceptors (Lipinski definition) is 1. The van der Waals surface area contributed by atoms with Gasteiger partial charge in [-0.05, 0) is 0 Å². The van der Waals surface area contributed by atoms with Crippen molar-refractivity contribution in [1.29, 1.82) is 0 Å². The Labute approximate surface area is 306 Å². The molecule has 1 aliphatic rings. The van der Waals surface area contributed by atoms with Gasteiger partial charge in [0.15, 0.2) is 98.9 Å². The Balaban J connectivity index is 0.00000107. The van der Waals surface area contributed by atoms with Crippen molar-refractivity contribution in [2.75, 3.05) is 0 Å². The van der Waals surface area contributed by atoms with E-state index in [1.807, 2.05) is 30.3 Å². The van der Waals surface area contributed by atoms with Crippen LogP contribution in [0.5, 0.6) is 0 Å². The molecule has 0 fully saturated rings. The van der Waals surface area contributed by atoms with Crippen LogP contribution < -0.4 is 0 Å². The Morgan fingerprint density at radius 1 is 0.268 bits per heavy atom. The largest absolute Gasteiger partial charge is 0.289 e. The van der Waals surface area contributed by atoms with Gasteiger partial charge in [-0.15, -0.1) is 0 Å². The second kappa shape index (κ2) is 15.6. The van der Waals surface area contributed by atoms with Crippen molar-refractivity contribution in [3.63, 3.8) is 0 Å². The fourth-order valence-electron chi connectivity index (χ4n) is 5.20. The Kier molecular flexibility index (Phi) is 12.0. The minimum absolute atomic E-state index is 0. The minimum atomic E-state index is -3.30. The van der Waals surface area contributed by atoms with Crippen molar-refractivity contribution < 1.29 is 109 Å². The van der Waals surface area contributed by atoms with Gasteiger partial charge in [-0.25, -0.2) is 99.9 Å². The number of ketones is 1. The van der Waals surface area contributed by atoms with Crippen LogP contribution in [-0.4, -0.2) is 5.78 Å². The number of carbonyl (C=O) groups excluding carboxylic acids is 1. The SMILES string of the molecule is O=C1C(c2c(F)c(F)c(F)c(F)c2F)=C(c2c(F)c(F)c(F)c(F)c2F)C(c2c(F)c(F)c(F)c(F)c2F)=C1c1c(F)c(F)c(F)c(F)c1F.[Co].c1cc[cH-]c1. The molecular formula is C34H5CoF20O-. The Hall–Kier alpha value is -5.51. The van der Waals surface area contributed by atoms with E-state index in [1.165, 1.54) is 0 Å². The zero-order valence-electron chi connectivity index (χ0n) is 25.7. The normalized spacial score (nSPS) is 12.8. The van der Waals surface area contributed by atoms with Gasteiger partial charge < -0.3 is 0 Å². The summed E-state index contributed by atoms with van der Waals surface area (Å²) in [5, 5.41) is 0. The van der Waals surface area contributed by atoms with Crippen LogP contribution >= 0.6 is 0 Å². The summed E-state index contributed by atoms with van der Waals surface area (Å²) in [5.41, 5.74) is -23.0. The molecule has 6 rings (SSSR count). The molecule has 297 valence electrons. The molecular weight excluding hydrogens is 863 g/mol. The summed E-state index contributed by atoms with van der Waals surface area (Å²) in [7, 11) is 0. The van der Waals surface area contributed by atoms with Crippen LogP contribution in [0.3, 0.4) is 0 Å². The van der Waals surface area contributed by atoms with Gasteiger partial charge in [0.05, 0.1) is 22.3 Å². The van der Waals surface area contributed by atoms with E-state index in [0.717, 1.165) is 0 Å². The van der Waals surface area contributed by atoms with Gasteiger partial charge in [0.2, 0.25) is 23.3 Å². The summed E-state index contributed by atoms with van der Waals surface area (Å²) < 4.78 is 292. The van der Waals surface area contributed by atoms with Crippen LogP contribution in [0.1, 0.15) is 22.3 Å². The standard InChI is InChI=1S/C29F20O.C5H5.Co/c30-9-5(10(31)18(39)25(46)17(9)38)1-2(6-11(32)19(40)26(47)20(41)12(6)33)4(8-15(36)23(44)28(49)24(45)16(8)37)29(50)3(1)7-13(34)21(42)27(48)22(43)14(7)35;1-2-4-5-3-1;/h;1-5H;/q;-1;. The monoisotopic (exact) mass is 868 g/mol. The van der Waals surface area contributed by atoms with Crippen molar-refractivity contribution in [2.24, 2.45) is 0 Å². The number of carbonyl (C=O) groups is 1. The van der Waals surface area contributed by atoms with E-state index in [4.69, 9.17) is 0 Å². The number of hydrogen-bond donors (Lipinski definition) is 0. The predicted molar refractivity (Wildman–Crippen MR) is 146 cm³/mol. The molecule has 0 saturated carbocycles. The maximum atomic E-state index is 15.3. The Bertz CT molecular complexity index is 2260. The molecule has 0 unspecified atom stereocenters. The number of halogens is 20. The molecule has 1 nitrogen and oxygen atoms in total. The fraction of sp³-hybridized carbons (Fsp3) is 0. The zero-order chi connectivity index (χ0) is 41.3. The molecule has 0 aliphatic heterocycles.